The summed E-state index contributed by atoms with van der Waals surface area (Å²) in [5, 5.41) is 22.1. The maximum atomic E-state index is 12.2. The number of benzene rings is 1. The Bertz CT molecular complexity index is 728. The number of aryl methyl sites for hydroxylation is 2. The number of aromatic hydroxyl groups is 1. The van der Waals surface area contributed by atoms with Crippen LogP contribution in [-0.2, 0) is 13.0 Å². The highest BCUT2D eigenvalue weighted by Crippen LogP contribution is 2.18. The minimum Gasteiger partial charge on any atom is -0.507 e. The third-order valence-electron chi connectivity index (χ3n) is 3.78. The molecule has 1 aromatic carbocycles. The SMILES string of the molecule is CSc1nnc(CCCNC(=O)c2cc(C)ccc2O)n1CC(C)C. The fraction of sp³-hybridized carbons (Fsp3) is 0.500. The molecule has 0 saturated carbocycles. The molecule has 0 saturated heterocycles. The van der Waals surface area contributed by atoms with Crippen molar-refractivity contribution >= 4 is 17.7 Å². The van der Waals surface area contributed by atoms with E-state index in [-0.39, 0.29) is 11.7 Å². The second kappa shape index (κ2) is 8.89. The van der Waals surface area contributed by atoms with Gasteiger partial charge in [0.05, 0.1) is 5.56 Å². The van der Waals surface area contributed by atoms with E-state index in [1.807, 2.05) is 13.2 Å². The van der Waals surface area contributed by atoms with Crippen molar-refractivity contribution in [3.05, 3.63) is 35.2 Å². The lowest BCUT2D eigenvalue weighted by Gasteiger charge is -2.12. The summed E-state index contributed by atoms with van der Waals surface area (Å²) in [7, 11) is 0. The van der Waals surface area contributed by atoms with Crippen LogP contribution in [0.2, 0.25) is 0 Å². The Kier molecular flexibility index (Phi) is 6.87. The van der Waals surface area contributed by atoms with Crippen molar-refractivity contribution in [3.63, 3.8) is 0 Å². The zero-order valence-corrected chi connectivity index (χ0v) is 16.1. The van der Waals surface area contributed by atoms with Gasteiger partial charge in [-0.25, -0.2) is 0 Å². The van der Waals surface area contributed by atoms with Crippen LogP contribution in [0.15, 0.2) is 23.4 Å². The number of nitrogens with zero attached hydrogens (tertiary/aromatic N) is 3. The average molecular weight is 362 g/mol. The van der Waals surface area contributed by atoms with Gasteiger partial charge in [-0.05, 0) is 37.7 Å². The first-order valence-corrected chi connectivity index (χ1v) is 9.68. The van der Waals surface area contributed by atoms with Gasteiger partial charge in [0.15, 0.2) is 5.16 Å². The summed E-state index contributed by atoms with van der Waals surface area (Å²) in [5.74, 6) is 1.22. The van der Waals surface area contributed by atoms with E-state index in [2.05, 4.69) is 33.9 Å². The maximum Gasteiger partial charge on any atom is 0.255 e. The Morgan fingerprint density at radius 2 is 2.12 bits per heavy atom. The van der Waals surface area contributed by atoms with Gasteiger partial charge >= 0.3 is 0 Å². The Morgan fingerprint density at radius 3 is 2.80 bits per heavy atom. The van der Waals surface area contributed by atoms with Crippen LogP contribution < -0.4 is 5.32 Å². The largest absolute Gasteiger partial charge is 0.507 e. The molecule has 1 aromatic heterocycles. The summed E-state index contributed by atoms with van der Waals surface area (Å²) in [6, 6.07) is 5.01. The highest BCUT2D eigenvalue weighted by atomic mass is 32.2. The van der Waals surface area contributed by atoms with E-state index in [1.54, 1.807) is 30.0 Å². The minimum absolute atomic E-state index is 0.00406. The van der Waals surface area contributed by atoms with Crippen molar-refractivity contribution in [3.8, 4) is 5.75 Å². The number of carbonyl (C=O) groups is 1. The molecule has 0 fully saturated rings. The molecule has 1 amide bonds. The normalized spacial score (nSPS) is 11.1. The molecule has 0 aliphatic carbocycles. The van der Waals surface area contributed by atoms with Gasteiger partial charge in [0.2, 0.25) is 0 Å². The van der Waals surface area contributed by atoms with Gasteiger partial charge in [0, 0.05) is 19.5 Å². The van der Waals surface area contributed by atoms with E-state index in [4.69, 9.17) is 0 Å². The number of hydrogen-bond donors (Lipinski definition) is 2. The number of aromatic nitrogens is 3. The first-order valence-electron chi connectivity index (χ1n) is 8.46. The van der Waals surface area contributed by atoms with Crippen LogP contribution in [-0.4, -0.2) is 38.6 Å². The number of nitrogens with one attached hydrogen (secondary N) is 1. The molecule has 0 bridgehead atoms. The summed E-state index contributed by atoms with van der Waals surface area (Å²) < 4.78 is 2.16. The molecular formula is C18H26N4O2S. The van der Waals surface area contributed by atoms with E-state index in [0.717, 1.165) is 35.9 Å². The number of thioether (sulfide) groups is 1. The lowest BCUT2D eigenvalue weighted by molar-refractivity contribution is 0.0950. The van der Waals surface area contributed by atoms with Crippen LogP contribution in [0.4, 0.5) is 0 Å². The van der Waals surface area contributed by atoms with Gasteiger partial charge in [-0.15, -0.1) is 10.2 Å². The number of amides is 1. The van der Waals surface area contributed by atoms with Crippen molar-refractivity contribution in [2.24, 2.45) is 5.92 Å². The van der Waals surface area contributed by atoms with Gasteiger partial charge in [0.25, 0.3) is 5.91 Å². The van der Waals surface area contributed by atoms with Gasteiger partial charge in [-0.1, -0.05) is 37.2 Å². The third kappa shape index (κ3) is 5.22. The molecule has 0 unspecified atom stereocenters. The third-order valence-corrected chi connectivity index (χ3v) is 4.45. The summed E-state index contributed by atoms with van der Waals surface area (Å²) >= 11 is 1.59. The first-order chi connectivity index (χ1) is 11.9. The van der Waals surface area contributed by atoms with Gasteiger partial charge in [0.1, 0.15) is 11.6 Å². The zero-order valence-electron chi connectivity index (χ0n) is 15.2. The van der Waals surface area contributed by atoms with Crippen molar-refractivity contribution in [1.82, 2.24) is 20.1 Å². The summed E-state index contributed by atoms with van der Waals surface area (Å²) in [5.41, 5.74) is 1.25. The molecular weight excluding hydrogens is 336 g/mol. The lowest BCUT2D eigenvalue weighted by Crippen LogP contribution is -2.25. The van der Waals surface area contributed by atoms with Crippen LogP contribution >= 0.6 is 11.8 Å². The molecule has 7 heteroatoms. The van der Waals surface area contributed by atoms with E-state index in [1.165, 1.54) is 0 Å². The molecule has 1 heterocycles. The summed E-state index contributed by atoms with van der Waals surface area (Å²) in [4.78, 5) is 12.2. The van der Waals surface area contributed by atoms with Crippen LogP contribution in [0, 0.1) is 12.8 Å². The number of rotatable bonds is 8. The highest BCUT2D eigenvalue weighted by molar-refractivity contribution is 7.98. The molecule has 25 heavy (non-hydrogen) atoms. The van der Waals surface area contributed by atoms with E-state index < -0.39 is 0 Å². The second-order valence-electron chi connectivity index (χ2n) is 6.49. The van der Waals surface area contributed by atoms with Gasteiger partial charge in [-0.3, -0.25) is 4.79 Å². The maximum absolute atomic E-state index is 12.2. The molecule has 0 radical (unpaired) electrons. The van der Waals surface area contributed by atoms with E-state index in [9.17, 15) is 9.90 Å². The van der Waals surface area contributed by atoms with Crippen molar-refractivity contribution in [1.29, 1.82) is 0 Å². The molecule has 0 atom stereocenters. The smallest absolute Gasteiger partial charge is 0.255 e. The number of hydrogen-bond acceptors (Lipinski definition) is 5. The fourth-order valence-electron chi connectivity index (χ4n) is 2.58. The van der Waals surface area contributed by atoms with Gasteiger partial charge in [-0.2, -0.15) is 0 Å². The standard InChI is InChI=1S/C18H26N4O2S/c1-12(2)11-22-16(20-21-18(22)25-4)6-5-9-19-17(24)14-10-13(3)7-8-15(14)23/h7-8,10,12,23H,5-6,9,11H2,1-4H3,(H,19,24). The number of phenols is 1. The molecule has 6 nitrogen and oxygen atoms in total. The first kappa shape index (κ1) is 19.3. The fourth-order valence-corrected chi connectivity index (χ4v) is 3.10. The average Bonchev–Trinajstić information content (AvgIpc) is 2.94. The Morgan fingerprint density at radius 1 is 1.36 bits per heavy atom. The topological polar surface area (TPSA) is 80.0 Å². The molecule has 2 aromatic rings. The molecule has 136 valence electrons. The molecule has 0 spiro atoms. The Labute approximate surface area is 153 Å². The van der Waals surface area contributed by atoms with Crippen LogP contribution in [0.5, 0.6) is 5.75 Å². The Balaban J connectivity index is 1.90. The monoisotopic (exact) mass is 362 g/mol. The van der Waals surface area contributed by atoms with Crippen LogP contribution in [0.25, 0.3) is 0 Å². The van der Waals surface area contributed by atoms with Gasteiger partial charge < -0.3 is 15.0 Å². The minimum atomic E-state index is -0.255. The quantitative estimate of drug-likeness (QED) is 0.557. The molecule has 0 aliphatic rings. The van der Waals surface area contributed by atoms with Crippen molar-refractivity contribution in [2.75, 3.05) is 12.8 Å². The van der Waals surface area contributed by atoms with Crippen molar-refractivity contribution < 1.29 is 9.90 Å². The van der Waals surface area contributed by atoms with E-state index >= 15 is 0 Å². The summed E-state index contributed by atoms with van der Waals surface area (Å²) in [6.07, 6.45) is 3.52. The molecule has 2 rings (SSSR count). The van der Waals surface area contributed by atoms with Crippen LogP contribution in [0.3, 0.4) is 0 Å². The second-order valence-corrected chi connectivity index (χ2v) is 7.26. The zero-order chi connectivity index (χ0) is 18.4. The molecule has 2 N–H and O–H groups in total. The number of phenolic OH excluding ortho intramolecular Hbond substituents is 1. The molecule has 0 aliphatic heterocycles. The van der Waals surface area contributed by atoms with E-state index in [0.29, 0.717) is 18.0 Å². The van der Waals surface area contributed by atoms with Crippen LogP contribution in [0.1, 0.15) is 42.0 Å². The summed E-state index contributed by atoms with van der Waals surface area (Å²) in [6.45, 7) is 7.64. The highest BCUT2D eigenvalue weighted by Gasteiger charge is 2.13. The lowest BCUT2D eigenvalue weighted by atomic mass is 10.1. The van der Waals surface area contributed by atoms with Crippen molar-refractivity contribution in [2.45, 2.75) is 45.3 Å². The predicted molar refractivity (Wildman–Crippen MR) is 100 cm³/mol. The predicted octanol–water partition coefficient (Wildman–Crippen LogP) is 3.03. The Hall–Kier alpha value is -2.02. The number of carbonyl (C=O) groups excluding carboxylic acids is 1.